The fraction of sp³-hybridized carbons (Fsp3) is 0.276. The van der Waals surface area contributed by atoms with Gasteiger partial charge in [0.05, 0.1) is 16.8 Å². The number of hydrogen-bond acceptors (Lipinski definition) is 6. The maximum absolute atomic E-state index is 14.4. The van der Waals surface area contributed by atoms with Crippen molar-refractivity contribution in [3.05, 3.63) is 72.1 Å². The van der Waals surface area contributed by atoms with Gasteiger partial charge >= 0.3 is 6.18 Å². The van der Waals surface area contributed by atoms with E-state index in [4.69, 9.17) is 5.73 Å². The van der Waals surface area contributed by atoms with Crippen molar-refractivity contribution in [3.63, 3.8) is 0 Å². The third kappa shape index (κ3) is 5.24. The molecular weight excluding hydrogens is 505 g/mol. The van der Waals surface area contributed by atoms with Gasteiger partial charge in [-0.2, -0.15) is 13.2 Å². The molecule has 0 saturated carbocycles. The quantitative estimate of drug-likeness (QED) is 0.342. The van der Waals surface area contributed by atoms with Gasteiger partial charge in [-0.05, 0) is 60.5 Å². The van der Waals surface area contributed by atoms with Crippen LogP contribution in [0, 0.1) is 6.92 Å². The van der Waals surface area contributed by atoms with E-state index in [2.05, 4.69) is 15.3 Å². The molecule has 1 amide bonds. The summed E-state index contributed by atoms with van der Waals surface area (Å²) in [5.74, 6) is 0.0652. The van der Waals surface area contributed by atoms with E-state index in [1.165, 1.54) is 11.0 Å². The van der Waals surface area contributed by atoms with Crippen molar-refractivity contribution < 1.29 is 18.0 Å². The van der Waals surface area contributed by atoms with Crippen LogP contribution in [0.1, 0.15) is 24.5 Å². The fourth-order valence-electron chi connectivity index (χ4n) is 4.96. The monoisotopic (exact) mass is 534 g/mol. The topological polar surface area (TPSA) is 87.4 Å². The average molecular weight is 535 g/mol. The summed E-state index contributed by atoms with van der Waals surface area (Å²) in [5, 5.41) is 3.81. The third-order valence-electron chi connectivity index (χ3n) is 6.92. The molecule has 2 aromatic carbocycles. The van der Waals surface area contributed by atoms with Gasteiger partial charge in [-0.3, -0.25) is 14.7 Å². The molecule has 0 radical (unpaired) electrons. The fourth-order valence-corrected chi connectivity index (χ4v) is 4.96. The van der Waals surface area contributed by atoms with Crippen molar-refractivity contribution in [2.45, 2.75) is 26.4 Å². The summed E-state index contributed by atoms with van der Waals surface area (Å²) < 4.78 is 43.1. The Morgan fingerprint density at radius 1 is 1.03 bits per heavy atom. The Morgan fingerprint density at radius 2 is 1.77 bits per heavy atom. The van der Waals surface area contributed by atoms with E-state index in [9.17, 15) is 18.0 Å². The van der Waals surface area contributed by atoms with E-state index >= 15 is 0 Å². The molecule has 7 nitrogen and oxygen atoms in total. The number of nitrogens with one attached hydrogen (secondary N) is 1. The standard InChI is InChI=1S/C29H29F3N6O/c1-3-27(39)38(21-6-8-25(23(15-21)29(30,31)32)37-12-10-34-11-13-37)28-18(2)16-35-24-7-4-19(14-22(24)28)20-5-9-26(33)36-17-20/h4-9,14-17,34H,3,10-13H2,1-2H3,(H2,33,36). The van der Waals surface area contributed by atoms with E-state index in [0.29, 0.717) is 54.2 Å². The lowest BCUT2D eigenvalue weighted by molar-refractivity contribution is -0.137. The van der Waals surface area contributed by atoms with Gasteiger partial charge < -0.3 is 16.0 Å². The smallest absolute Gasteiger partial charge is 0.384 e. The van der Waals surface area contributed by atoms with Crippen molar-refractivity contribution in [2.75, 3.05) is 41.7 Å². The van der Waals surface area contributed by atoms with E-state index in [-0.39, 0.29) is 23.7 Å². The number of carbonyl (C=O) groups is 1. The molecule has 3 N–H and O–H groups in total. The molecule has 0 spiro atoms. The SMILES string of the molecule is CCC(=O)N(c1ccc(N2CCNCC2)c(C(F)(F)F)c1)c1c(C)cnc2ccc(-c3ccc(N)nc3)cc12. The lowest BCUT2D eigenvalue weighted by Crippen LogP contribution is -2.44. The Bertz CT molecular complexity index is 1510. The molecule has 5 rings (SSSR count). The number of nitrogens with two attached hydrogens (primary N) is 1. The first-order chi connectivity index (χ1) is 18.7. The first-order valence-corrected chi connectivity index (χ1v) is 12.8. The molecule has 202 valence electrons. The zero-order chi connectivity index (χ0) is 27.7. The van der Waals surface area contributed by atoms with Crippen molar-refractivity contribution in [1.82, 2.24) is 15.3 Å². The number of hydrogen-bond donors (Lipinski definition) is 2. The molecular formula is C29H29F3N6O. The van der Waals surface area contributed by atoms with E-state index in [0.717, 1.165) is 17.2 Å². The Kier molecular flexibility index (Phi) is 7.14. The zero-order valence-electron chi connectivity index (χ0n) is 21.7. The minimum atomic E-state index is -4.60. The summed E-state index contributed by atoms with van der Waals surface area (Å²) in [4.78, 5) is 25.2. The van der Waals surface area contributed by atoms with Gasteiger partial charge in [-0.1, -0.05) is 13.0 Å². The first kappa shape index (κ1) is 26.4. The summed E-state index contributed by atoms with van der Waals surface area (Å²) in [7, 11) is 0. The number of nitrogens with zero attached hydrogens (tertiary/aromatic N) is 4. The molecule has 0 unspecified atom stereocenters. The number of alkyl halides is 3. The Labute approximate surface area is 224 Å². The molecule has 1 aliphatic rings. The number of amides is 1. The number of anilines is 4. The van der Waals surface area contributed by atoms with Crippen LogP contribution >= 0.6 is 0 Å². The van der Waals surface area contributed by atoms with Crippen molar-refractivity contribution in [2.24, 2.45) is 0 Å². The van der Waals surface area contributed by atoms with Crippen LogP contribution in [0.4, 0.5) is 36.1 Å². The summed E-state index contributed by atoms with van der Waals surface area (Å²) in [6.07, 6.45) is -1.20. The van der Waals surface area contributed by atoms with Gasteiger partial charge in [0, 0.05) is 67.3 Å². The number of rotatable bonds is 5. The second kappa shape index (κ2) is 10.5. The lowest BCUT2D eigenvalue weighted by Gasteiger charge is -2.33. The van der Waals surface area contributed by atoms with Gasteiger partial charge in [-0.25, -0.2) is 4.98 Å². The van der Waals surface area contributed by atoms with Gasteiger partial charge in [0.2, 0.25) is 5.91 Å². The normalized spacial score (nSPS) is 14.0. The second-order valence-electron chi connectivity index (χ2n) is 9.51. The average Bonchev–Trinajstić information content (AvgIpc) is 2.94. The molecule has 39 heavy (non-hydrogen) atoms. The Hall–Kier alpha value is -4.18. The van der Waals surface area contributed by atoms with Crippen LogP contribution in [0.15, 0.2) is 60.9 Å². The number of aromatic nitrogens is 2. The summed E-state index contributed by atoms with van der Waals surface area (Å²) in [6.45, 7) is 5.64. The number of nitrogen functional groups attached to an aromatic ring is 1. The summed E-state index contributed by atoms with van der Waals surface area (Å²) >= 11 is 0. The predicted molar refractivity (Wildman–Crippen MR) is 148 cm³/mol. The number of halogens is 3. The van der Waals surface area contributed by atoms with Crippen molar-refractivity contribution in [1.29, 1.82) is 0 Å². The molecule has 3 heterocycles. The molecule has 0 aliphatic carbocycles. The third-order valence-corrected chi connectivity index (χ3v) is 6.92. The number of aryl methyl sites for hydroxylation is 1. The molecule has 1 saturated heterocycles. The number of carbonyl (C=O) groups excluding carboxylic acids is 1. The van der Waals surface area contributed by atoms with Crippen LogP contribution in [-0.4, -0.2) is 42.1 Å². The summed E-state index contributed by atoms with van der Waals surface area (Å²) in [6, 6.07) is 13.3. The van der Waals surface area contributed by atoms with Crippen LogP contribution in [0.25, 0.3) is 22.0 Å². The highest BCUT2D eigenvalue weighted by Crippen LogP contribution is 2.42. The molecule has 0 bridgehead atoms. The zero-order valence-corrected chi connectivity index (χ0v) is 21.7. The Balaban J connectivity index is 1.70. The van der Waals surface area contributed by atoms with Crippen molar-refractivity contribution in [3.8, 4) is 11.1 Å². The van der Waals surface area contributed by atoms with Crippen LogP contribution in [0.3, 0.4) is 0 Å². The lowest BCUT2D eigenvalue weighted by atomic mass is 10.0. The maximum atomic E-state index is 14.4. The van der Waals surface area contributed by atoms with Crippen LogP contribution < -0.4 is 20.9 Å². The highest BCUT2D eigenvalue weighted by atomic mass is 19.4. The van der Waals surface area contributed by atoms with E-state index in [1.54, 1.807) is 43.3 Å². The molecule has 1 aliphatic heterocycles. The summed E-state index contributed by atoms with van der Waals surface area (Å²) in [5.41, 5.74) is 8.66. The van der Waals surface area contributed by atoms with Crippen LogP contribution in [0.2, 0.25) is 0 Å². The minimum absolute atomic E-state index is 0.103. The minimum Gasteiger partial charge on any atom is -0.384 e. The molecule has 0 atom stereocenters. The predicted octanol–water partition coefficient (Wildman–Crippen LogP) is 5.69. The van der Waals surface area contributed by atoms with Gasteiger partial charge in [-0.15, -0.1) is 0 Å². The number of benzene rings is 2. The number of piperazine rings is 1. The van der Waals surface area contributed by atoms with Crippen LogP contribution in [0.5, 0.6) is 0 Å². The number of fused-ring (bicyclic) bond motifs is 1. The highest BCUT2D eigenvalue weighted by molar-refractivity contribution is 6.09. The largest absolute Gasteiger partial charge is 0.418 e. The molecule has 2 aromatic heterocycles. The first-order valence-electron chi connectivity index (χ1n) is 12.8. The number of pyridine rings is 2. The van der Waals surface area contributed by atoms with E-state index in [1.807, 2.05) is 24.3 Å². The molecule has 1 fully saturated rings. The highest BCUT2D eigenvalue weighted by Gasteiger charge is 2.36. The van der Waals surface area contributed by atoms with Gasteiger partial charge in [0.25, 0.3) is 0 Å². The maximum Gasteiger partial charge on any atom is 0.418 e. The second-order valence-corrected chi connectivity index (χ2v) is 9.51. The van der Waals surface area contributed by atoms with Gasteiger partial charge in [0.15, 0.2) is 0 Å². The molecule has 4 aromatic rings. The molecule has 10 heteroatoms. The van der Waals surface area contributed by atoms with Gasteiger partial charge in [0.1, 0.15) is 5.82 Å². The Morgan fingerprint density at radius 3 is 2.44 bits per heavy atom. The van der Waals surface area contributed by atoms with E-state index < -0.39 is 11.7 Å². The van der Waals surface area contributed by atoms with Crippen LogP contribution in [-0.2, 0) is 11.0 Å². The van der Waals surface area contributed by atoms with Crippen molar-refractivity contribution >= 4 is 39.7 Å².